The van der Waals surface area contributed by atoms with Crippen molar-refractivity contribution in [3.8, 4) is 10.7 Å². The molecule has 0 aromatic carbocycles. The molecule has 23 heavy (non-hydrogen) atoms. The van der Waals surface area contributed by atoms with E-state index in [0.717, 1.165) is 24.3 Å². The van der Waals surface area contributed by atoms with Gasteiger partial charge in [0, 0.05) is 24.9 Å². The second-order valence-electron chi connectivity index (χ2n) is 5.55. The van der Waals surface area contributed by atoms with E-state index in [1.165, 1.54) is 0 Å². The lowest BCUT2D eigenvalue weighted by Gasteiger charge is -2.30. The number of halogens is 1. The fourth-order valence-corrected chi connectivity index (χ4v) is 3.25. The second-order valence-corrected chi connectivity index (χ2v) is 6.50. The minimum Gasteiger partial charge on any atom is -0.352 e. The molecule has 2 N–H and O–H groups in total. The molecule has 1 aliphatic rings. The summed E-state index contributed by atoms with van der Waals surface area (Å²) < 4.78 is 5.20. The van der Waals surface area contributed by atoms with Gasteiger partial charge < -0.3 is 15.2 Å². The maximum Gasteiger partial charge on any atom is 0.227 e. The van der Waals surface area contributed by atoms with Crippen LogP contribution in [-0.2, 0) is 11.2 Å². The Bertz CT molecular complexity index is 617. The Morgan fingerprint density at radius 2 is 2.43 bits per heavy atom. The third-order valence-electron chi connectivity index (χ3n) is 3.88. The summed E-state index contributed by atoms with van der Waals surface area (Å²) in [5.74, 6) is 1.14. The van der Waals surface area contributed by atoms with Crippen molar-refractivity contribution in [2.24, 2.45) is 0 Å². The van der Waals surface area contributed by atoms with Crippen molar-refractivity contribution in [1.29, 1.82) is 0 Å². The van der Waals surface area contributed by atoms with Gasteiger partial charge in [0.1, 0.15) is 0 Å². The molecule has 6 nitrogen and oxygen atoms in total. The van der Waals surface area contributed by atoms with Crippen molar-refractivity contribution in [1.82, 2.24) is 20.8 Å². The average Bonchev–Trinajstić information content (AvgIpc) is 3.18. The Hall–Kier alpha value is -1.44. The van der Waals surface area contributed by atoms with Crippen LogP contribution in [0.4, 0.5) is 0 Å². The first-order chi connectivity index (χ1) is 10.7. The van der Waals surface area contributed by atoms with Crippen LogP contribution in [0.5, 0.6) is 0 Å². The molecule has 1 aliphatic heterocycles. The fourth-order valence-electron chi connectivity index (χ4n) is 2.60. The number of nitrogens with zero attached hydrogens (tertiary/aromatic N) is 2. The molecule has 1 fully saturated rings. The molecule has 3 rings (SSSR count). The lowest BCUT2D eigenvalue weighted by atomic mass is 10.00. The zero-order valence-electron chi connectivity index (χ0n) is 12.9. The molecule has 0 spiro atoms. The Balaban J connectivity index is 0.00000192. The third-order valence-corrected chi connectivity index (χ3v) is 4.75. The van der Waals surface area contributed by atoms with Crippen molar-refractivity contribution in [2.45, 2.75) is 44.7 Å². The molecular weight excluding hydrogens is 336 g/mol. The molecule has 126 valence electrons. The van der Waals surface area contributed by atoms with Gasteiger partial charge in [0.15, 0.2) is 0 Å². The summed E-state index contributed by atoms with van der Waals surface area (Å²) in [4.78, 5) is 17.3. The average molecular weight is 357 g/mol. The summed E-state index contributed by atoms with van der Waals surface area (Å²) in [7, 11) is 0. The molecule has 2 aromatic rings. The monoisotopic (exact) mass is 356 g/mol. The van der Waals surface area contributed by atoms with Crippen molar-refractivity contribution < 1.29 is 9.32 Å². The first kappa shape index (κ1) is 17.9. The number of aryl methyl sites for hydroxylation is 1. The Labute approximate surface area is 145 Å². The van der Waals surface area contributed by atoms with E-state index in [1.807, 2.05) is 17.5 Å². The molecular formula is C15H21ClN4O2S. The minimum absolute atomic E-state index is 0. The van der Waals surface area contributed by atoms with E-state index in [2.05, 4.69) is 27.7 Å². The molecule has 0 aliphatic carbocycles. The van der Waals surface area contributed by atoms with Crippen LogP contribution in [0, 0.1) is 0 Å². The Kier molecular flexibility index (Phi) is 6.56. The number of carbonyl (C=O) groups excluding carboxylic acids is 1. The first-order valence-corrected chi connectivity index (χ1v) is 8.49. The predicted molar refractivity (Wildman–Crippen MR) is 91.8 cm³/mol. The number of amides is 1. The van der Waals surface area contributed by atoms with Gasteiger partial charge in [-0.15, -0.1) is 23.7 Å². The number of hydrogen-bond donors (Lipinski definition) is 2. The van der Waals surface area contributed by atoms with E-state index >= 15 is 0 Å². The molecule has 3 heterocycles. The van der Waals surface area contributed by atoms with Gasteiger partial charge >= 0.3 is 0 Å². The van der Waals surface area contributed by atoms with Crippen LogP contribution in [0.15, 0.2) is 22.0 Å². The summed E-state index contributed by atoms with van der Waals surface area (Å²) in [6.07, 6.45) is 2.97. The quantitative estimate of drug-likeness (QED) is 0.859. The van der Waals surface area contributed by atoms with Crippen LogP contribution in [-0.4, -0.2) is 34.7 Å². The normalized spacial score (nSPS) is 20.7. The Morgan fingerprint density at radius 1 is 1.57 bits per heavy atom. The number of hydrogen-bond acceptors (Lipinski definition) is 6. The van der Waals surface area contributed by atoms with Gasteiger partial charge in [-0.25, -0.2) is 0 Å². The summed E-state index contributed by atoms with van der Waals surface area (Å²) in [5, 5.41) is 12.4. The number of piperidine rings is 1. The number of nitrogens with one attached hydrogen (secondary N) is 2. The maximum atomic E-state index is 12.0. The van der Waals surface area contributed by atoms with E-state index in [-0.39, 0.29) is 24.4 Å². The van der Waals surface area contributed by atoms with Gasteiger partial charge in [-0.2, -0.15) is 4.98 Å². The topological polar surface area (TPSA) is 80.0 Å². The SMILES string of the molecule is CC1NCCCC1NC(=O)CCc1nc(-c2cccs2)no1.Cl. The Morgan fingerprint density at radius 3 is 3.17 bits per heavy atom. The number of carbonyl (C=O) groups is 1. The van der Waals surface area contributed by atoms with Crippen LogP contribution in [0.2, 0.25) is 0 Å². The van der Waals surface area contributed by atoms with Crippen LogP contribution in [0.1, 0.15) is 32.1 Å². The van der Waals surface area contributed by atoms with Crippen molar-refractivity contribution in [2.75, 3.05) is 6.54 Å². The van der Waals surface area contributed by atoms with E-state index in [4.69, 9.17) is 4.52 Å². The highest BCUT2D eigenvalue weighted by Gasteiger charge is 2.22. The van der Waals surface area contributed by atoms with Gasteiger partial charge in [-0.1, -0.05) is 11.2 Å². The van der Waals surface area contributed by atoms with E-state index in [0.29, 0.717) is 30.6 Å². The van der Waals surface area contributed by atoms with E-state index in [1.54, 1.807) is 11.3 Å². The van der Waals surface area contributed by atoms with Gasteiger partial charge in [0.25, 0.3) is 0 Å². The smallest absolute Gasteiger partial charge is 0.227 e. The van der Waals surface area contributed by atoms with Gasteiger partial charge in [-0.05, 0) is 37.8 Å². The van der Waals surface area contributed by atoms with Crippen molar-refractivity contribution in [3.05, 3.63) is 23.4 Å². The number of thiophene rings is 1. The molecule has 2 aromatic heterocycles. The highest BCUT2D eigenvalue weighted by atomic mass is 35.5. The highest BCUT2D eigenvalue weighted by Crippen LogP contribution is 2.21. The fraction of sp³-hybridized carbons (Fsp3) is 0.533. The van der Waals surface area contributed by atoms with Crippen LogP contribution < -0.4 is 10.6 Å². The lowest BCUT2D eigenvalue weighted by Crippen LogP contribution is -2.51. The van der Waals surface area contributed by atoms with E-state index < -0.39 is 0 Å². The molecule has 8 heteroatoms. The zero-order valence-corrected chi connectivity index (χ0v) is 14.6. The molecule has 0 saturated carbocycles. The summed E-state index contributed by atoms with van der Waals surface area (Å²) >= 11 is 1.57. The molecule has 2 atom stereocenters. The maximum absolute atomic E-state index is 12.0. The summed E-state index contributed by atoms with van der Waals surface area (Å²) in [6, 6.07) is 4.43. The highest BCUT2D eigenvalue weighted by molar-refractivity contribution is 7.13. The molecule has 2 unspecified atom stereocenters. The van der Waals surface area contributed by atoms with Crippen molar-refractivity contribution >= 4 is 29.7 Å². The summed E-state index contributed by atoms with van der Waals surface area (Å²) in [5.41, 5.74) is 0. The first-order valence-electron chi connectivity index (χ1n) is 7.61. The van der Waals surface area contributed by atoms with Crippen molar-refractivity contribution in [3.63, 3.8) is 0 Å². The van der Waals surface area contributed by atoms with Gasteiger partial charge in [0.2, 0.25) is 17.6 Å². The zero-order chi connectivity index (χ0) is 15.4. The van der Waals surface area contributed by atoms with E-state index in [9.17, 15) is 4.79 Å². The molecule has 1 amide bonds. The summed E-state index contributed by atoms with van der Waals surface area (Å²) in [6.45, 7) is 3.14. The number of rotatable bonds is 5. The van der Waals surface area contributed by atoms with Crippen LogP contribution in [0.3, 0.4) is 0 Å². The van der Waals surface area contributed by atoms with Crippen LogP contribution in [0.25, 0.3) is 10.7 Å². The minimum atomic E-state index is 0. The largest absolute Gasteiger partial charge is 0.352 e. The van der Waals surface area contributed by atoms with Gasteiger partial charge in [0.05, 0.1) is 4.88 Å². The van der Waals surface area contributed by atoms with Gasteiger partial charge in [-0.3, -0.25) is 4.79 Å². The number of aromatic nitrogens is 2. The van der Waals surface area contributed by atoms with Crippen LogP contribution >= 0.6 is 23.7 Å². The lowest BCUT2D eigenvalue weighted by molar-refractivity contribution is -0.122. The molecule has 0 radical (unpaired) electrons. The second kappa shape index (κ2) is 8.42. The predicted octanol–water partition coefficient (Wildman–Crippen LogP) is 2.41. The standard InChI is InChI=1S/C15H20N4O2S.ClH/c1-10-11(4-2-8-16-10)17-13(20)6-7-14-18-15(19-21-14)12-5-3-9-22-12;/h3,5,9-11,16H,2,4,6-8H2,1H3,(H,17,20);1H. The molecule has 1 saturated heterocycles. The third kappa shape index (κ3) is 4.76. The molecule has 0 bridgehead atoms.